The molecule has 1 aromatic rings. The van der Waals surface area contributed by atoms with Crippen molar-refractivity contribution in [3.8, 4) is 0 Å². The van der Waals surface area contributed by atoms with Crippen molar-refractivity contribution < 1.29 is 19.4 Å². The number of ether oxygens (including phenoxy) is 1. The molecule has 0 aliphatic carbocycles. The monoisotopic (exact) mass is 279 g/mol. The van der Waals surface area contributed by atoms with Gasteiger partial charge < -0.3 is 26.2 Å². The van der Waals surface area contributed by atoms with E-state index < -0.39 is 17.8 Å². The molecular formula is C13H17N3O4. The van der Waals surface area contributed by atoms with Crippen LogP contribution in [0.2, 0.25) is 0 Å². The van der Waals surface area contributed by atoms with Crippen LogP contribution in [0.3, 0.4) is 0 Å². The number of nitrogens with zero attached hydrogens (tertiary/aromatic N) is 1. The van der Waals surface area contributed by atoms with Gasteiger partial charge in [0.05, 0.1) is 5.56 Å². The van der Waals surface area contributed by atoms with Crippen molar-refractivity contribution in [1.29, 1.82) is 0 Å². The van der Waals surface area contributed by atoms with Crippen LogP contribution < -0.4 is 11.5 Å². The molecule has 0 aromatic heterocycles. The summed E-state index contributed by atoms with van der Waals surface area (Å²) in [6.45, 7) is 1.97. The molecule has 1 atom stereocenters. The Kier molecular flexibility index (Phi) is 3.44. The normalized spacial score (nSPS) is 21.8. The second kappa shape index (κ2) is 4.92. The third-order valence-electron chi connectivity index (χ3n) is 3.49. The first-order chi connectivity index (χ1) is 9.35. The fourth-order valence-corrected chi connectivity index (χ4v) is 2.52. The predicted octanol–water partition coefficient (Wildman–Crippen LogP) is 1.50. The predicted molar refractivity (Wildman–Crippen MR) is 73.1 cm³/mol. The molecule has 0 radical (unpaired) electrons. The summed E-state index contributed by atoms with van der Waals surface area (Å²) in [6, 6.07) is 4.81. The molecule has 7 heteroatoms. The molecular weight excluding hydrogens is 262 g/mol. The number of hydrogen-bond donors (Lipinski definition) is 3. The van der Waals surface area contributed by atoms with E-state index in [1.807, 2.05) is 0 Å². The molecule has 1 unspecified atom stereocenters. The van der Waals surface area contributed by atoms with Crippen LogP contribution in [0.5, 0.6) is 0 Å². The maximum absolute atomic E-state index is 12.6. The lowest BCUT2D eigenvalue weighted by molar-refractivity contribution is -0.0755. The van der Waals surface area contributed by atoms with Crippen LogP contribution in [0.1, 0.15) is 30.1 Å². The number of carboxylic acid groups (broad SMARTS) is 1. The van der Waals surface area contributed by atoms with E-state index >= 15 is 0 Å². The Morgan fingerprint density at radius 2 is 1.95 bits per heavy atom. The number of carbonyl (C=O) groups excluding carboxylic acids is 1. The lowest BCUT2D eigenvalue weighted by Crippen LogP contribution is -2.48. The van der Waals surface area contributed by atoms with Crippen molar-refractivity contribution in [3.05, 3.63) is 23.8 Å². The van der Waals surface area contributed by atoms with Crippen LogP contribution in [0, 0.1) is 0 Å². The molecule has 1 aliphatic heterocycles. The summed E-state index contributed by atoms with van der Waals surface area (Å²) < 4.78 is 4.87. The van der Waals surface area contributed by atoms with Gasteiger partial charge in [0.1, 0.15) is 0 Å². The molecule has 1 heterocycles. The Morgan fingerprint density at radius 3 is 2.50 bits per heavy atom. The van der Waals surface area contributed by atoms with Crippen LogP contribution in [-0.4, -0.2) is 34.3 Å². The fraction of sp³-hybridized carbons (Fsp3) is 0.385. The lowest BCUT2D eigenvalue weighted by atomic mass is 10.1. The molecule has 7 nitrogen and oxygen atoms in total. The van der Waals surface area contributed by atoms with Gasteiger partial charge in [-0.15, -0.1) is 0 Å². The quantitative estimate of drug-likeness (QED) is 0.557. The van der Waals surface area contributed by atoms with Gasteiger partial charge in [0.25, 0.3) is 5.91 Å². The summed E-state index contributed by atoms with van der Waals surface area (Å²) in [5.41, 5.74) is 11.1. The highest BCUT2D eigenvalue weighted by Crippen LogP contribution is 2.33. The highest BCUT2D eigenvalue weighted by molar-refractivity contribution is 6.04. The molecule has 0 spiro atoms. The molecule has 20 heavy (non-hydrogen) atoms. The van der Waals surface area contributed by atoms with Crippen molar-refractivity contribution in [3.63, 3.8) is 0 Å². The van der Waals surface area contributed by atoms with Gasteiger partial charge in [0.15, 0.2) is 5.72 Å². The van der Waals surface area contributed by atoms with E-state index in [4.69, 9.17) is 21.3 Å². The average Bonchev–Trinajstić information content (AvgIpc) is 2.69. The maximum Gasteiger partial charge on any atom is 0.507 e. The Labute approximate surface area is 116 Å². The molecule has 5 N–H and O–H groups in total. The first kappa shape index (κ1) is 14.0. The van der Waals surface area contributed by atoms with E-state index in [1.54, 1.807) is 25.1 Å². The zero-order chi connectivity index (χ0) is 14.9. The van der Waals surface area contributed by atoms with Crippen LogP contribution in [0.15, 0.2) is 18.2 Å². The van der Waals surface area contributed by atoms with Crippen molar-refractivity contribution in [2.24, 2.45) is 0 Å². The standard InChI is InChI=1S/C13H17N3O4/c1-13(20-12(18)19)6-3-7-16(13)11(17)10-8(14)4-2-5-9(10)15/h2,4-5H,3,6-7,14-15H2,1H3,(H,18,19). The van der Waals surface area contributed by atoms with E-state index in [0.29, 0.717) is 19.4 Å². The second-order valence-electron chi connectivity index (χ2n) is 4.91. The number of hydrogen-bond acceptors (Lipinski definition) is 5. The van der Waals surface area contributed by atoms with Crippen LogP contribution in [0.25, 0.3) is 0 Å². The number of rotatable bonds is 2. The van der Waals surface area contributed by atoms with Crippen molar-refractivity contribution in [2.75, 3.05) is 18.0 Å². The molecule has 1 fully saturated rings. The van der Waals surface area contributed by atoms with Gasteiger partial charge >= 0.3 is 6.16 Å². The Balaban J connectivity index is 2.35. The molecule has 1 saturated heterocycles. The number of nitrogens with two attached hydrogens (primary N) is 2. The van der Waals surface area contributed by atoms with E-state index in [0.717, 1.165) is 0 Å². The third kappa shape index (κ3) is 2.34. The Morgan fingerprint density at radius 1 is 1.35 bits per heavy atom. The van der Waals surface area contributed by atoms with Crippen molar-refractivity contribution in [2.45, 2.75) is 25.5 Å². The summed E-state index contributed by atoms with van der Waals surface area (Å²) >= 11 is 0. The molecule has 0 saturated carbocycles. The third-order valence-corrected chi connectivity index (χ3v) is 3.49. The maximum atomic E-state index is 12.6. The van der Waals surface area contributed by atoms with Gasteiger partial charge in [-0.25, -0.2) is 4.79 Å². The molecule has 108 valence electrons. The zero-order valence-corrected chi connectivity index (χ0v) is 11.1. The summed E-state index contributed by atoms with van der Waals surface area (Å²) in [4.78, 5) is 24.7. The molecule has 1 aliphatic rings. The van der Waals surface area contributed by atoms with Crippen molar-refractivity contribution in [1.82, 2.24) is 4.90 Å². The van der Waals surface area contributed by atoms with Gasteiger partial charge in [-0.3, -0.25) is 4.79 Å². The first-order valence-electron chi connectivity index (χ1n) is 6.23. The number of benzene rings is 1. The van der Waals surface area contributed by atoms with E-state index in [2.05, 4.69) is 0 Å². The minimum Gasteiger partial charge on any atom is -0.450 e. The van der Waals surface area contributed by atoms with E-state index in [9.17, 15) is 9.59 Å². The van der Waals surface area contributed by atoms with Gasteiger partial charge in [0, 0.05) is 24.3 Å². The molecule has 1 amide bonds. The van der Waals surface area contributed by atoms with Crippen LogP contribution in [0.4, 0.5) is 16.2 Å². The van der Waals surface area contributed by atoms with Gasteiger partial charge in [-0.2, -0.15) is 0 Å². The minimum absolute atomic E-state index is 0.189. The number of amides is 1. The first-order valence-corrected chi connectivity index (χ1v) is 6.23. The smallest absolute Gasteiger partial charge is 0.450 e. The number of likely N-dealkylation sites (tertiary alicyclic amines) is 1. The molecule has 0 bridgehead atoms. The highest BCUT2D eigenvalue weighted by atomic mass is 16.7. The molecule has 2 rings (SSSR count). The Hall–Kier alpha value is -2.44. The van der Waals surface area contributed by atoms with Crippen LogP contribution >= 0.6 is 0 Å². The van der Waals surface area contributed by atoms with Gasteiger partial charge in [0.2, 0.25) is 0 Å². The van der Waals surface area contributed by atoms with E-state index in [1.165, 1.54) is 4.90 Å². The average molecular weight is 279 g/mol. The summed E-state index contributed by atoms with van der Waals surface area (Å²) in [5.74, 6) is -0.415. The topological polar surface area (TPSA) is 119 Å². The largest absolute Gasteiger partial charge is 0.507 e. The highest BCUT2D eigenvalue weighted by Gasteiger charge is 2.44. The Bertz CT molecular complexity index is 540. The summed E-state index contributed by atoms with van der Waals surface area (Å²) in [5, 5.41) is 8.81. The number of carbonyl (C=O) groups is 2. The van der Waals surface area contributed by atoms with Gasteiger partial charge in [-0.1, -0.05) is 6.07 Å². The SMILES string of the molecule is CC1(OC(=O)O)CCCN1C(=O)c1c(N)cccc1N. The zero-order valence-electron chi connectivity index (χ0n) is 11.1. The minimum atomic E-state index is -1.42. The summed E-state index contributed by atoms with van der Waals surface area (Å²) in [6.07, 6.45) is -0.318. The van der Waals surface area contributed by atoms with Gasteiger partial charge in [-0.05, 0) is 25.5 Å². The number of nitrogen functional groups attached to an aromatic ring is 2. The lowest BCUT2D eigenvalue weighted by Gasteiger charge is -2.33. The summed E-state index contributed by atoms with van der Waals surface area (Å²) in [7, 11) is 0. The number of anilines is 2. The fourth-order valence-electron chi connectivity index (χ4n) is 2.52. The molecule has 1 aromatic carbocycles. The van der Waals surface area contributed by atoms with Crippen LogP contribution in [-0.2, 0) is 4.74 Å². The second-order valence-corrected chi connectivity index (χ2v) is 4.91. The van der Waals surface area contributed by atoms with Crippen molar-refractivity contribution >= 4 is 23.4 Å². The van der Waals surface area contributed by atoms with E-state index in [-0.39, 0.29) is 16.9 Å².